The van der Waals surface area contributed by atoms with Gasteiger partial charge in [0.2, 0.25) is 5.91 Å². The molecule has 66 heavy (non-hydrogen) atoms. The molecular weight excluding hydrogens is 815 g/mol. The summed E-state index contributed by atoms with van der Waals surface area (Å²) >= 11 is 0. The molecule has 6 heteroatoms. The summed E-state index contributed by atoms with van der Waals surface area (Å²) in [6, 6.07) is -0.742. The van der Waals surface area contributed by atoms with Crippen LogP contribution < -0.4 is 5.32 Å². The number of nitrogens with one attached hydrogen (secondary N) is 1. The molecule has 0 rings (SSSR count). The average molecular weight is 923 g/mol. The molecule has 0 aromatic rings. The van der Waals surface area contributed by atoms with Crippen molar-refractivity contribution in [1.29, 1.82) is 0 Å². The van der Waals surface area contributed by atoms with E-state index < -0.39 is 18.2 Å². The summed E-state index contributed by atoms with van der Waals surface area (Å²) < 4.78 is 5.86. The van der Waals surface area contributed by atoms with Gasteiger partial charge in [-0.05, 0) is 44.9 Å². The van der Waals surface area contributed by atoms with E-state index in [9.17, 15) is 19.8 Å². The lowest BCUT2D eigenvalue weighted by molar-refractivity contribution is -0.150. The summed E-state index contributed by atoms with van der Waals surface area (Å²) in [5.74, 6) is -0.605. The average Bonchev–Trinajstić information content (AvgIpc) is 3.31. The highest BCUT2D eigenvalue weighted by Crippen LogP contribution is 2.17. The first-order valence-corrected chi connectivity index (χ1v) is 28.2. The lowest BCUT2D eigenvalue weighted by atomic mass is 10.0. The molecule has 0 saturated heterocycles. The smallest absolute Gasteiger partial charge is 0.306 e. The van der Waals surface area contributed by atoms with Gasteiger partial charge in [-0.1, -0.05) is 280 Å². The van der Waals surface area contributed by atoms with E-state index in [1.54, 1.807) is 0 Å². The molecule has 0 fully saturated rings. The number of aliphatic hydroxyl groups is 2. The van der Waals surface area contributed by atoms with E-state index in [0.29, 0.717) is 19.3 Å². The van der Waals surface area contributed by atoms with Gasteiger partial charge >= 0.3 is 5.97 Å². The van der Waals surface area contributed by atoms with Crippen LogP contribution in [-0.2, 0) is 14.3 Å². The highest BCUT2D eigenvalue weighted by molar-refractivity contribution is 5.77. The predicted octanol–water partition coefficient (Wildman–Crippen LogP) is 17.3. The van der Waals surface area contributed by atoms with Gasteiger partial charge in [-0.25, -0.2) is 0 Å². The van der Waals surface area contributed by atoms with Crippen molar-refractivity contribution >= 4 is 11.9 Å². The minimum Gasteiger partial charge on any atom is -0.461 e. The number of carbonyl (C=O) groups excluding carboxylic acids is 2. The number of amides is 1. The summed E-state index contributed by atoms with van der Waals surface area (Å²) in [6.45, 7) is 6.32. The zero-order valence-corrected chi connectivity index (χ0v) is 43.6. The third kappa shape index (κ3) is 47.8. The fourth-order valence-electron chi connectivity index (χ4n) is 8.39. The number of ether oxygens (including phenoxy) is 1. The molecule has 0 saturated carbocycles. The minimum absolute atomic E-state index is 0.0202. The maximum absolute atomic E-state index is 13.2. The van der Waals surface area contributed by atoms with Crippen LogP contribution in [0.15, 0.2) is 72.9 Å². The van der Waals surface area contributed by atoms with Gasteiger partial charge in [0.1, 0.15) is 6.10 Å². The number of aliphatic hydroxyl groups excluding tert-OH is 2. The Morgan fingerprint density at radius 3 is 1.27 bits per heavy atom. The Morgan fingerprint density at radius 1 is 0.470 bits per heavy atom. The van der Waals surface area contributed by atoms with Crippen LogP contribution in [-0.4, -0.2) is 46.9 Å². The molecule has 3 unspecified atom stereocenters. The lowest BCUT2D eigenvalue weighted by Crippen LogP contribution is -2.46. The van der Waals surface area contributed by atoms with E-state index in [-0.39, 0.29) is 24.9 Å². The summed E-state index contributed by atoms with van der Waals surface area (Å²) in [5, 5.41) is 23.8. The molecule has 0 aliphatic carbocycles. The van der Waals surface area contributed by atoms with Crippen LogP contribution in [0.3, 0.4) is 0 Å². The van der Waals surface area contributed by atoms with Crippen LogP contribution in [0.1, 0.15) is 271 Å². The first-order chi connectivity index (χ1) is 32.5. The molecule has 1 amide bonds. The molecule has 3 atom stereocenters. The van der Waals surface area contributed by atoms with Crippen molar-refractivity contribution in [2.24, 2.45) is 0 Å². The van der Waals surface area contributed by atoms with Crippen LogP contribution in [0.5, 0.6) is 0 Å². The number of hydrogen-bond acceptors (Lipinski definition) is 5. The topological polar surface area (TPSA) is 95.9 Å². The van der Waals surface area contributed by atoms with Gasteiger partial charge in [-0.2, -0.15) is 0 Å². The summed E-state index contributed by atoms with van der Waals surface area (Å²) in [6.07, 6.45) is 68.6. The zero-order valence-electron chi connectivity index (χ0n) is 43.6. The Balaban J connectivity index is 4.52. The fraction of sp³-hybridized carbons (Fsp3) is 0.767. The molecule has 0 radical (unpaired) electrons. The van der Waals surface area contributed by atoms with Crippen LogP contribution in [0.25, 0.3) is 0 Å². The Hall–Kier alpha value is -2.70. The monoisotopic (exact) mass is 922 g/mol. The van der Waals surface area contributed by atoms with Gasteiger partial charge in [0, 0.05) is 12.8 Å². The van der Waals surface area contributed by atoms with Gasteiger partial charge in [0.15, 0.2) is 0 Å². The molecule has 0 heterocycles. The first kappa shape index (κ1) is 63.3. The third-order valence-corrected chi connectivity index (χ3v) is 12.6. The SMILES string of the molecule is CC/C=C/C=C/C=C\C=C/C=C/CC(CC(=O)NC(CO)C(O)CCCCCCCCCCCCCCCCCCC)OC(=O)CCCCCCCCCCC/C=C/CCCCCCCC. The first-order valence-electron chi connectivity index (χ1n) is 28.2. The number of carbonyl (C=O) groups is 2. The second-order valence-electron chi connectivity index (χ2n) is 19.1. The number of hydrogen-bond donors (Lipinski definition) is 3. The Labute approximate surface area is 409 Å². The van der Waals surface area contributed by atoms with Gasteiger partial charge in [-0.3, -0.25) is 9.59 Å². The number of unbranched alkanes of at least 4 members (excludes halogenated alkanes) is 31. The van der Waals surface area contributed by atoms with E-state index in [1.807, 2.05) is 54.7 Å². The van der Waals surface area contributed by atoms with Crippen molar-refractivity contribution in [3.05, 3.63) is 72.9 Å². The molecule has 0 spiro atoms. The van der Waals surface area contributed by atoms with E-state index in [0.717, 1.165) is 44.9 Å². The molecular formula is C60H107NO5. The summed E-state index contributed by atoms with van der Waals surface area (Å²) in [4.78, 5) is 26.1. The highest BCUT2D eigenvalue weighted by Gasteiger charge is 2.23. The van der Waals surface area contributed by atoms with E-state index in [2.05, 4.69) is 44.3 Å². The van der Waals surface area contributed by atoms with E-state index in [1.165, 1.54) is 180 Å². The molecule has 0 aromatic heterocycles. The van der Waals surface area contributed by atoms with Crippen LogP contribution >= 0.6 is 0 Å². The fourth-order valence-corrected chi connectivity index (χ4v) is 8.39. The van der Waals surface area contributed by atoms with Crippen molar-refractivity contribution in [2.45, 2.75) is 289 Å². The van der Waals surface area contributed by atoms with Crippen molar-refractivity contribution < 1.29 is 24.5 Å². The van der Waals surface area contributed by atoms with Gasteiger partial charge < -0.3 is 20.3 Å². The second kappa shape index (κ2) is 53.3. The molecule has 0 aliphatic rings. The lowest BCUT2D eigenvalue weighted by Gasteiger charge is -2.24. The Bertz CT molecular complexity index is 1220. The highest BCUT2D eigenvalue weighted by atomic mass is 16.5. The maximum Gasteiger partial charge on any atom is 0.306 e. The van der Waals surface area contributed by atoms with Crippen LogP contribution in [0.2, 0.25) is 0 Å². The number of rotatable bonds is 50. The van der Waals surface area contributed by atoms with E-state index in [4.69, 9.17) is 4.74 Å². The predicted molar refractivity (Wildman–Crippen MR) is 287 cm³/mol. The quantitative estimate of drug-likeness (QED) is 0.0244. The zero-order chi connectivity index (χ0) is 48.1. The molecule has 3 N–H and O–H groups in total. The maximum atomic E-state index is 13.2. The molecule has 6 nitrogen and oxygen atoms in total. The normalized spacial score (nSPS) is 13.7. The van der Waals surface area contributed by atoms with Gasteiger partial charge in [-0.15, -0.1) is 0 Å². The minimum atomic E-state index is -0.821. The Kier molecular flexibility index (Phi) is 51.1. The molecule has 382 valence electrons. The van der Waals surface area contributed by atoms with Crippen LogP contribution in [0.4, 0.5) is 0 Å². The van der Waals surface area contributed by atoms with Crippen molar-refractivity contribution in [1.82, 2.24) is 5.32 Å². The largest absolute Gasteiger partial charge is 0.461 e. The van der Waals surface area contributed by atoms with Crippen LogP contribution in [0, 0.1) is 0 Å². The summed E-state index contributed by atoms with van der Waals surface area (Å²) in [5.41, 5.74) is 0. The molecule has 0 bridgehead atoms. The molecule has 0 aromatic carbocycles. The third-order valence-electron chi connectivity index (χ3n) is 12.6. The second-order valence-corrected chi connectivity index (χ2v) is 19.1. The van der Waals surface area contributed by atoms with E-state index >= 15 is 0 Å². The number of esters is 1. The Morgan fingerprint density at radius 2 is 0.848 bits per heavy atom. The standard InChI is InChI=1S/C60H107NO5/c1-4-7-10-13-16-19-22-24-26-28-29-31-33-35-38-41-44-47-50-53-60(65)66-56(51-48-45-42-39-36-21-18-15-12-9-6-3)54-59(64)61-57(55-62)58(63)52-49-46-43-40-37-34-32-30-27-25-23-20-17-14-11-8-5-2/h9,12,15,18,21,24,26,36,39,42,45,48,56-58,62-63H,4-8,10-11,13-14,16-17,19-20,22-23,25,27-35,37-38,40-41,43-44,46-47,49-55H2,1-3H3,(H,61,64)/b12-9+,18-15+,26-24+,36-21-,42-39-,48-45+. The van der Waals surface area contributed by atoms with Crippen molar-refractivity contribution in [3.8, 4) is 0 Å². The van der Waals surface area contributed by atoms with Gasteiger partial charge in [0.05, 0.1) is 25.2 Å². The van der Waals surface area contributed by atoms with Crippen molar-refractivity contribution in [3.63, 3.8) is 0 Å². The van der Waals surface area contributed by atoms with Gasteiger partial charge in [0.25, 0.3) is 0 Å². The number of allylic oxidation sites excluding steroid dienone is 11. The van der Waals surface area contributed by atoms with Crippen molar-refractivity contribution in [2.75, 3.05) is 6.61 Å². The molecule has 0 aliphatic heterocycles. The summed E-state index contributed by atoms with van der Waals surface area (Å²) in [7, 11) is 0.